The minimum atomic E-state index is -1.06. The number of ether oxygens (including phenoxy) is 1. The van der Waals surface area contributed by atoms with Crippen LogP contribution >= 0.6 is 11.6 Å². The SMILES string of the molecule is COc1cc(Cl)c(C)cc1NC(=O)C(N)=O. The average Bonchev–Trinajstić information content (AvgIpc) is 2.22. The van der Waals surface area contributed by atoms with Gasteiger partial charge in [-0.3, -0.25) is 9.59 Å². The lowest BCUT2D eigenvalue weighted by Gasteiger charge is -2.10. The molecule has 0 heterocycles. The molecular weight excluding hydrogens is 232 g/mol. The van der Waals surface area contributed by atoms with Crippen molar-refractivity contribution in [1.29, 1.82) is 0 Å². The molecule has 0 aliphatic rings. The van der Waals surface area contributed by atoms with Gasteiger partial charge in [-0.05, 0) is 18.6 Å². The van der Waals surface area contributed by atoms with Crippen molar-refractivity contribution < 1.29 is 14.3 Å². The maximum Gasteiger partial charge on any atom is 0.313 e. The zero-order valence-electron chi connectivity index (χ0n) is 8.83. The van der Waals surface area contributed by atoms with E-state index in [-0.39, 0.29) is 0 Å². The number of aryl methyl sites for hydroxylation is 1. The van der Waals surface area contributed by atoms with Gasteiger partial charge in [0, 0.05) is 11.1 Å². The van der Waals surface area contributed by atoms with Crippen LogP contribution in [0.3, 0.4) is 0 Å². The molecule has 0 fully saturated rings. The van der Waals surface area contributed by atoms with Gasteiger partial charge in [0.1, 0.15) is 5.75 Å². The van der Waals surface area contributed by atoms with Crippen molar-refractivity contribution in [2.75, 3.05) is 12.4 Å². The third-order valence-electron chi connectivity index (χ3n) is 1.95. The zero-order valence-corrected chi connectivity index (χ0v) is 9.59. The molecular formula is C10H11ClN2O3. The lowest BCUT2D eigenvalue weighted by molar-refractivity contribution is -0.134. The van der Waals surface area contributed by atoms with Crippen LogP contribution in [-0.2, 0) is 9.59 Å². The largest absolute Gasteiger partial charge is 0.495 e. The van der Waals surface area contributed by atoms with E-state index in [0.29, 0.717) is 16.5 Å². The van der Waals surface area contributed by atoms with Crippen LogP contribution in [-0.4, -0.2) is 18.9 Å². The summed E-state index contributed by atoms with van der Waals surface area (Å²) in [5.74, 6) is -1.60. The van der Waals surface area contributed by atoms with E-state index in [9.17, 15) is 9.59 Å². The summed E-state index contributed by atoms with van der Waals surface area (Å²) in [6, 6.07) is 3.15. The number of hydrogen-bond donors (Lipinski definition) is 2. The van der Waals surface area contributed by atoms with Gasteiger partial charge in [-0.15, -0.1) is 0 Å². The number of benzene rings is 1. The van der Waals surface area contributed by atoms with Crippen molar-refractivity contribution >= 4 is 29.1 Å². The second kappa shape index (κ2) is 4.85. The Morgan fingerprint density at radius 3 is 2.56 bits per heavy atom. The Morgan fingerprint density at radius 2 is 2.06 bits per heavy atom. The van der Waals surface area contributed by atoms with Crippen LogP contribution in [0.4, 0.5) is 5.69 Å². The molecule has 1 aromatic carbocycles. The number of carbonyl (C=O) groups is 2. The number of carbonyl (C=O) groups excluding carboxylic acids is 2. The zero-order chi connectivity index (χ0) is 12.3. The number of halogens is 1. The molecule has 0 bridgehead atoms. The molecule has 0 saturated carbocycles. The molecule has 6 heteroatoms. The summed E-state index contributed by atoms with van der Waals surface area (Å²) in [6.45, 7) is 1.77. The Bertz CT molecular complexity index is 446. The Hall–Kier alpha value is -1.75. The minimum absolute atomic E-state index is 0.355. The molecule has 86 valence electrons. The van der Waals surface area contributed by atoms with E-state index in [2.05, 4.69) is 5.32 Å². The molecule has 0 atom stereocenters. The molecule has 3 N–H and O–H groups in total. The van der Waals surface area contributed by atoms with Gasteiger partial charge >= 0.3 is 11.8 Å². The lowest BCUT2D eigenvalue weighted by atomic mass is 10.2. The van der Waals surface area contributed by atoms with Crippen molar-refractivity contribution in [3.8, 4) is 5.75 Å². The molecule has 1 rings (SSSR count). The van der Waals surface area contributed by atoms with E-state index < -0.39 is 11.8 Å². The standard InChI is InChI=1S/C10H11ClN2O3/c1-5-3-7(13-10(15)9(12)14)8(16-2)4-6(5)11/h3-4H,1-2H3,(H2,12,14)(H,13,15). The molecule has 2 amide bonds. The highest BCUT2D eigenvalue weighted by Crippen LogP contribution is 2.30. The maximum absolute atomic E-state index is 11.1. The van der Waals surface area contributed by atoms with E-state index >= 15 is 0 Å². The van der Waals surface area contributed by atoms with E-state index in [0.717, 1.165) is 5.56 Å². The number of primary amides is 1. The number of nitrogens with one attached hydrogen (secondary N) is 1. The monoisotopic (exact) mass is 242 g/mol. The number of hydrogen-bond acceptors (Lipinski definition) is 3. The number of methoxy groups -OCH3 is 1. The smallest absolute Gasteiger partial charge is 0.313 e. The molecule has 5 nitrogen and oxygen atoms in total. The van der Waals surface area contributed by atoms with Crippen molar-refractivity contribution in [3.63, 3.8) is 0 Å². The van der Waals surface area contributed by atoms with E-state index in [1.807, 2.05) is 0 Å². The van der Waals surface area contributed by atoms with E-state index in [1.54, 1.807) is 19.1 Å². The van der Waals surface area contributed by atoms with Crippen LogP contribution in [0.2, 0.25) is 5.02 Å². The highest BCUT2D eigenvalue weighted by atomic mass is 35.5. The first-order valence-electron chi connectivity index (χ1n) is 4.40. The van der Waals surface area contributed by atoms with Crippen LogP contribution in [0.5, 0.6) is 5.75 Å². The second-order valence-electron chi connectivity index (χ2n) is 3.12. The number of rotatable bonds is 2. The van der Waals surface area contributed by atoms with E-state index in [1.165, 1.54) is 7.11 Å². The maximum atomic E-state index is 11.1. The van der Waals surface area contributed by atoms with Crippen molar-refractivity contribution in [1.82, 2.24) is 0 Å². The number of amides is 2. The summed E-state index contributed by atoms with van der Waals surface area (Å²) in [5, 5.41) is 2.84. The first-order valence-corrected chi connectivity index (χ1v) is 4.78. The minimum Gasteiger partial charge on any atom is -0.495 e. The molecule has 16 heavy (non-hydrogen) atoms. The Morgan fingerprint density at radius 1 is 1.44 bits per heavy atom. The topological polar surface area (TPSA) is 81.4 Å². The molecule has 0 aliphatic carbocycles. The average molecular weight is 243 g/mol. The fraction of sp³-hybridized carbons (Fsp3) is 0.200. The predicted molar refractivity (Wildman–Crippen MR) is 60.6 cm³/mol. The summed E-state index contributed by atoms with van der Waals surface area (Å²) >= 11 is 5.88. The van der Waals surface area contributed by atoms with Crippen molar-refractivity contribution in [3.05, 3.63) is 22.7 Å². The van der Waals surface area contributed by atoms with E-state index in [4.69, 9.17) is 22.1 Å². The number of anilines is 1. The molecule has 0 aromatic heterocycles. The summed E-state index contributed by atoms with van der Waals surface area (Å²) in [5.41, 5.74) is 5.93. The third-order valence-corrected chi connectivity index (χ3v) is 2.36. The first-order chi connectivity index (χ1) is 7.45. The summed E-state index contributed by atoms with van der Waals surface area (Å²) in [7, 11) is 1.43. The van der Waals surface area contributed by atoms with Crippen LogP contribution in [0.1, 0.15) is 5.56 Å². The molecule has 0 saturated heterocycles. The van der Waals surface area contributed by atoms with Gasteiger partial charge in [-0.2, -0.15) is 0 Å². The molecule has 0 spiro atoms. The van der Waals surface area contributed by atoms with Gasteiger partial charge in [0.2, 0.25) is 0 Å². The lowest BCUT2D eigenvalue weighted by Crippen LogP contribution is -2.29. The molecule has 0 aliphatic heterocycles. The van der Waals surface area contributed by atoms with Crippen molar-refractivity contribution in [2.24, 2.45) is 5.73 Å². The normalized spacial score (nSPS) is 9.69. The highest BCUT2D eigenvalue weighted by molar-refractivity contribution is 6.39. The van der Waals surface area contributed by atoms with Gasteiger partial charge in [0.25, 0.3) is 0 Å². The number of nitrogens with two attached hydrogens (primary N) is 1. The Kier molecular flexibility index (Phi) is 3.73. The fourth-order valence-corrected chi connectivity index (χ4v) is 1.27. The van der Waals surface area contributed by atoms with Crippen molar-refractivity contribution in [2.45, 2.75) is 6.92 Å². The van der Waals surface area contributed by atoms with Crippen LogP contribution in [0, 0.1) is 6.92 Å². The fourth-order valence-electron chi connectivity index (χ4n) is 1.11. The Labute approximate surface area is 97.5 Å². The quantitative estimate of drug-likeness (QED) is 0.762. The summed E-state index contributed by atoms with van der Waals surface area (Å²) < 4.78 is 5.01. The van der Waals surface area contributed by atoms with Gasteiger partial charge in [0.05, 0.1) is 12.8 Å². The predicted octanol–water partition coefficient (Wildman–Crippen LogP) is 1.08. The van der Waals surface area contributed by atoms with Gasteiger partial charge in [-0.25, -0.2) is 0 Å². The summed E-state index contributed by atoms with van der Waals surface area (Å²) in [6.07, 6.45) is 0. The third kappa shape index (κ3) is 2.64. The Balaban J connectivity index is 3.08. The van der Waals surface area contributed by atoms with Crippen LogP contribution in [0.15, 0.2) is 12.1 Å². The first kappa shape index (κ1) is 12.3. The molecule has 0 unspecified atom stereocenters. The second-order valence-corrected chi connectivity index (χ2v) is 3.53. The van der Waals surface area contributed by atoms with Gasteiger partial charge in [-0.1, -0.05) is 11.6 Å². The van der Waals surface area contributed by atoms with Crippen LogP contribution < -0.4 is 15.8 Å². The molecule has 1 aromatic rings. The molecule has 0 radical (unpaired) electrons. The summed E-state index contributed by atoms with van der Waals surface area (Å²) in [4.78, 5) is 21.7. The van der Waals surface area contributed by atoms with Gasteiger partial charge in [0.15, 0.2) is 0 Å². The van der Waals surface area contributed by atoms with Crippen LogP contribution in [0.25, 0.3) is 0 Å². The van der Waals surface area contributed by atoms with Gasteiger partial charge < -0.3 is 15.8 Å². The highest BCUT2D eigenvalue weighted by Gasteiger charge is 2.13.